The number of nitrogens with one attached hydrogen (secondary N) is 1. The summed E-state index contributed by atoms with van der Waals surface area (Å²) in [5, 5.41) is 13.6. The van der Waals surface area contributed by atoms with E-state index in [1.807, 2.05) is 6.07 Å². The summed E-state index contributed by atoms with van der Waals surface area (Å²) in [7, 11) is 0. The molecule has 0 aliphatic carbocycles. The van der Waals surface area contributed by atoms with Crippen LogP contribution in [0.1, 0.15) is 5.76 Å². The highest BCUT2D eigenvalue weighted by Gasteiger charge is 2.08. The van der Waals surface area contributed by atoms with Gasteiger partial charge >= 0.3 is 11.4 Å². The standard InChI is InChI=1S/C11H12N4O4/c16-11-13-6-9(15(17)18)8-14(11)4-3-12-7-10-2-1-5-19-10/h1-2,5-6,8,12H,3-4,7H2. The fraction of sp³-hybridized carbons (Fsp3) is 0.273. The minimum Gasteiger partial charge on any atom is -0.468 e. The van der Waals surface area contributed by atoms with Gasteiger partial charge < -0.3 is 9.73 Å². The Morgan fingerprint density at radius 3 is 3.05 bits per heavy atom. The van der Waals surface area contributed by atoms with Gasteiger partial charge in [0, 0.05) is 13.1 Å². The van der Waals surface area contributed by atoms with Gasteiger partial charge in [-0.25, -0.2) is 4.79 Å². The van der Waals surface area contributed by atoms with Crippen LogP contribution in [0.5, 0.6) is 0 Å². The van der Waals surface area contributed by atoms with E-state index in [2.05, 4.69) is 10.3 Å². The molecule has 0 spiro atoms. The van der Waals surface area contributed by atoms with Crippen LogP contribution in [0.2, 0.25) is 0 Å². The summed E-state index contributed by atoms with van der Waals surface area (Å²) < 4.78 is 6.33. The molecule has 0 saturated carbocycles. The Morgan fingerprint density at radius 1 is 1.53 bits per heavy atom. The molecule has 0 aliphatic rings. The van der Waals surface area contributed by atoms with Crippen LogP contribution >= 0.6 is 0 Å². The van der Waals surface area contributed by atoms with E-state index in [1.165, 1.54) is 10.8 Å². The third kappa shape index (κ3) is 3.49. The highest BCUT2D eigenvalue weighted by atomic mass is 16.6. The van der Waals surface area contributed by atoms with Crippen molar-refractivity contribution in [2.75, 3.05) is 6.54 Å². The maximum atomic E-state index is 11.4. The van der Waals surface area contributed by atoms with Crippen molar-refractivity contribution >= 4 is 5.69 Å². The van der Waals surface area contributed by atoms with Gasteiger partial charge in [-0.05, 0) is 12.1 Å². The zero-order valence-electron chi connectivity index (χ0n) is 9.98. The van der Waals surface area contributed by atoms with Crippen LogP contribution < -0.4 is 11.0 Å². The molecule has 2 rings (SSSR count). The van der Waals surface area contributed by atoms with Crippen LogP contribution in [0.15, 0.2) is 40.0 Å². The second-order valence-electron chi connectivity index (χ2n) is 3.80. The van der Waals surface area contributed by atoms with E-state index in [-0.39, 0.29) is 5.69 Å². The monoisotopic (exact) mass is 264 g/mol. The summed E-state index contributed by atoms with van der Waals surface area (Å²) >= 11 is 0. The first-order chi connectivity index (χ1) is 9.16. The molecule has 0 bridgehead atoms. The number of hydrogen-bond donors (Lipinski definition) is 1. The van der Waals surface area contributed by atoms with Crippen molar-refractivity contribution in [2.45, 2.75) is 13.1 Å². The molecule has 2 aromatic heterocycles. The van der Waals surface area contributed by atoms with Crippen LogP contribution in [-0.4, -0.2) is 21.0 Å². The molecule has 19 heavy (non-hydrogen) atoms. The van der Waals surface area contributed by atoms with Crippen molar-refractivity contribution in [3.05, 3.63) is 57.1 Å². The first-order valence-corrected chi connectivity index (χ1v) is 5.61. The van der Waals surface area contributed by atoms with E-state index in [0.717, 1.165) is 12.0 Å². The lowest BCUT2D eigenvalue weighted by Gasteiger charge is -2.05. The molecule has 0 radical (unpaired) electrons. The molecule has 0 fully saturated rings. The lowest BCUT2D eigenvalue weighted by Crippen LogP contribution is -2.28. The molecule has 0 aliphatic heterocycles. The molecule has 0 saturated heterocycles. The molecule has 8 heteroatoms. The highest BCUT2D eigenvalue weighted by Crippen LogP contribution is 2.04. The first kappa shape index (κ1) is 13.0. The predicted octanol–water partition coefficient (Wildman–Crippen LogP) is 0.534. The smallest absolute Gasteiger partial charge is 0.348 e. The summed E-state index contributed by atoms with van der Waals surface area (Å²) in [5.74, 6) is 0.782. The molecule has 2 heterocycles. The predicted molar refractivity (Wildman–Crippen MR) is 65.6 cm³/mol. The lowest BCUT2D eigenvalue weighted by molar-refractivity contribution is -0.385. The summed E-state index contributed by atoms with van der Waals surface area (Å²) in [6.45, 7) is 1.31. The number of hydrogen-bond acceptors (Lipinski definition) is 6. The minimum absolute atomic E-state index is 0.203. The number of nitro groups is 1. The maximum absolute atomic E-state index is 11.4. The average molecular weight is 264 g/mol. The molecule has 2 aromatic rings. The van der Waals surface area contributed by atoms with Crippen LogP contribution in [0.3, 0.4) is 0 Å². The van der Waals surface area contributed by atoms with E-state index in [4.69, 9.17) is 4.42 Å². The summed E-state index contributed by atoms with van der Waals surface area (Å²) in [4.78, 5) is 24.8. The van der Waals surface area contributed by atoms with Gasteiger partial charge in [-0.3, -0.25) is 14.7 Å². The molecular weight excluding hydrogens is 252 g/mol. The lowest BCUT2D eigenvalue weighted by atomic mass is 10.4. The molecule has 0 aromatic carbocycles. The summed E-state index contributed by atoms with van der Waals surface area (Å²) in [5.41, 5.74) is -0.712. The number of furan rings is 1. The Hall–Kier alpha value is -2.48. The Balaban J connectivity index is 1.90. The highest BCUT2D eigenvalue weighted by molar-refractivity contribution is 5.20. The first-order valence-electron chi connectivity index (χ1n) is 5.61. The third-order valence-electron chi connectivity index (χ3n) is 2.46. The largest absolute Gasteiger partial charge is 0.468 e. The second kappa shape index (κ2) is 5.91. The van der Waals surface area contributed by atoms with Crippen molar-refractivity contribution in [1.29, 1.82) is 0 Å². The fourth-order valence-corrected chi connectivity index (χ4v) is 1.52. The Bertz CT molecular complexity index is 605. The third-order valence-corrected chi connectivity index (χ3v) is 2.46. The Morgan fingerprint density at radius 2 is 2.37 bits per heavy atom. The zero-order chi connectivity index (χ0) is 13.7. The zero-order valence-corrected chi connectivity index (χ0v) is 9.98. The van der Waals surface area contributed by atoms with Crippen molar-refractivity contribution in [3.8, 4) is 0 Å². The molecule has 0 atom stereocenters. The van der Waals surface area contributed by atoms with Gasteiger partial charge in [0.1, 0.15) is 12.0 Å². The minimum atomic E-state index is -0.584. The van der Waals surface area contributed by atoms with Crippen molar-refractivity contribution in [3.63, 3.8) is 0 Å². The van der Waals surface area contributed by atoms with Gasteiger partial charge in [0.25, 0.3) is 0 Å². The van der Waals surface area contributed by atoms with Gasteiger partial charge in [0.15, 0.2) is 0 Å². The van der Waals surface area contributed by atoms with Crippen LogP contribution in [0.4, 0.5) is 5.69 Å². The van der Waals surface area contributed by atoms with Gasteiger partial charge in [0.05, 0.1) is 23.9 Å². The molecule has 0 unspecified atom stereocenters. The van der Waals surface area contributed by atoms with Crippen molar-refractivity contribution in [1.82, 2.24) is 14.9 Å². The normalized spacial score (nSPS) is 10.5. The number of rotatable bonds is 6. The van der Waals surface area contributed by atoms with Gasteiger partial charge in [0.2, 0.25) is 0 Å². The molecule has 0 amide bonds. The maximum Gasteiger partial charge on any atom is 0.348 e. The van der Waals surface area contributed by atoms with Gasteiger partial charge in [-0.1, -0.05) is 0 Å². The molecular formula is C11H12N4O4. The van der Waals surface area contributed by atoms with E-state index in [1.54, 1.807) is 12.3 Å². The van der Waals surface area contributed by atoms with E-state index in [0.29, 0.717) is 19.6 Å². The average Bonchev–Trinajstić information content (AvgIpc) is 2.89. The quantitative estimate of drug-likeness (QED) is 0.464. The van der Waals surface area contributed by atoms with Gasteiger partial charge in [-0.15, -0.1) is 0 Å². The number of nitrogens with zero attached hydrogens (tertiary/aromatic N) is 3. The van der Waals surface area contributed by atoms with E-state index >= 15 is 0 Å². The molecule has 8 nitrogen and oxygen atoms in total. The SMILES string of the molecule is O=c1ncc([N+](=O)[O-])cn1CCNCc1ccco1. The Labute approximate surface area is 107 Å². The molecule has 100 valence electrons. The van der Waals surface area contributed by atoms with Crippen molar-refractivity contribution in [2.24, 2.45) is 0 Å². The van der Waals surface area contributed by atoms with Crippen LogP contribution in [0.25, 0.3) is 0 Å². The van der Waals surface area contributed by atoms with E-state index in [9.17, 15) is 14.9 Å². The number of aromatic nitrogens is 2. The summed E-state index contributed by atoms with van der Waals surface area (Å²) in [6.07, 6.45) is 3.71. The van der Waals surface area contributed by atoms with Crippen LogP contribution in [0, 0.1) is 10.1 Å². The Kier molecular flexibility index (Phi) is 4.04. The molecule has 1 N–H and O–H groups in total. The topological polar surface area (TPSA) is 103 Å². The summed E-state index contributed by atoms with van der Waals surface area (Å²) in [6, 6.07) is 3.61. The van der Waals surface area contributed by atoms with Crippen molar-refractivity contribution < 1.29 is 9.34 Å². The van der Waals surface area contributed by atoms with Crippen LogP contribution in [-0.2, 0) is 13.1 Å². The van der Waals surface area contributed by atoms with Gasteiger partial charge in [-0.2, -0.15) is 4.98 Å². The van der Waals surface area contributed by atoms with E-state index < -0.39 is 10.6 Å². The fourth-order valence-electron chi connectivity index (χ4n) is 1.52. The second-order valence-corrected chi connectivity index (χ2v) is 3.80.